The Hall–Kier alpha value is -0.650. The second-order valence-corrected chi connectivity index (χ2v) is 2.90. The third-order valence-electron chi connectivity index (χ3n) is 1.84. The average molecular weight is 188 g/mol. The van der Waals surface area contributed by atoms with Crippen LogP contribution in [0, 0.1) is 0 Å². The number of carbonyl (C=O) groups is 1. The minimum atomic E-state index is -0.202. The van der Waals surface area contributed by atoms with E-state index in [0.29, 0.717) is 32.9 Å². The zero-order valence-electron chi connectivity index (χ0n) is 7.70. The molecule has 0 radical (unpaired) electrons. The Morgan fingerprint density at radius 3 is 2.77 bits per heavy atom. The van der Waals surface area contributed by atoms with Gasteiger partial charge in [-0.05, 0) is 0 Å². The van der Waals surface area contributed by atoms with Crippen molar-refractivity contribution < 1.29 is 14.3 Å². The van der Waals surface area contributed by atoms with E-state index in [-0.39, 0.29) is 5.97 Å². The summed E-state index contributed by atoms with van der Waals surface area (Å²) in [6.45, 7) is 4.05. The van der Waals surface area contributed by atoms with E-state index in [1.165, 1.54) is 0 Å². The second-order valence-electron chi connectivity index (χ2n) is 2.90. The molecule has 0 aromatic heterocycles. The molecule has 0 aromatic rings. The van der Waals surface area contributed by atoms with Crippen LogP contribution in [-0.2, 0) is 14.3 Å². The Morgan fingerprint density at radius 1 is 1.46 bits per heavy atom. The summed E-state index contributed by atoms with van der Waals surface area (Å²) in [6.07, 6.45) is 0. The summed E-state index contributed by atoms with van der Waals surface area (Å²) in [5, 5.41) is 0. The molecule has 0 aliphatic carbocycles. The van der Waals surface area contributed by atoms with Crippen LogP contribution >= 0.6 is 0 Å². The molecule has 2 N–H and O–H groups in total. The molecule has 0 atom stereocenters. The molecule has 0 bridgehead atoms. The lowest BCUT2D eigenvalue weighted by Gasteiger charge is -2.25. The highest BCUT2D eigenvalue weighted by molar-refractivity contribution is 5.71. The summed E-state index contributed by atoms with van der Waals surface area (Å²) in [6, 6.07) is 0. The molecule has 0 amide bonds. The predicted octanol–water partition coefficient (Wildman–Crippen LogP) is -1.18. The van der Waals surface area contributed by atoms with Gasteiger partial charge in [0.2, 0.25) is 0 Å². The molecular weight excluding hydrogens is 172 g/mol. The SMILES string of the molecule is NCCOC(=O)CN1CCOCC1. The Balaban J connectivity index is 2.11. The van der Waals surface area contributed by atoms with Gasteiger partial charge in [0.25, 0.3) is 0 Å². The second kappa shape index (κ2) is 5.90. The zero-order chi connectivity index (χ0) is 9.52. The Bertz CT molecular complexity index is 157. The van der Waals surface area contributed by atoms with Crippen LogP contribution in [0.2, 0.25) is 0 Å². The van der Waals surface area contributed by atoms with Crippen molar-refractivity contribution in [3.8, 4) is 0 Å². The fourth-order valence-corrected chi connectivity index (χ4v) is 1.16. The van der Waals surface area contributed by atoms with E-state index in [1.54, 1.807) is 0 Å². The van der Waals surface area contributed by atoms with Crippen LogP contribution in [0.25, 0.3) is 0 Å². The maximum Gasteiger partial charge on any atom is 0.320 e. The summed E-state index contributed by atoms with van der Waals surface area (Å²) in [5.41, 5.74) is 5.20. The highest BCUT2D eigenvalue weighted by Gasteiger charge is 2.14. The summed E-state index contributed by atoms with van der Waals surface area (Å²) >= 11 is 0. The number of esters is 1. The third-order valence-corrected chi connectivity index (χ3v) is 1.84. The monoisotopic (exact) mass is 188 g/mol. The quantitative estimate of drug-likeness (QED) is 0.563. The third kappa shape index (κ3) is 4.21. The molecule has 5 heteroatoms. The summed E-state index contributed by atoms with van der Waals surface area (Å²) in [7, 11) is 0. The molecule has 1 heterocycles. The van der Waals surface area contributed by atoms with Gasteiger partial charge in [0.1, 0.15) is 6.61 Å². The first-order valence-corrected chi connectivity index (χ1v) is 4.48. The Morgan fingerprint density at radius 2 is 2.15 bits per heavy atom. The van der Waals surface area contributed by atoms with Gasteiger partial charge in [-0.3, -0.25) is 9.69 Å². The van der Waals surface area contributed by atoms with Gasteiger partial charge in [0.15, 0.2) is 0 Å². The predicted molar refractivity (Wildman–Crippen MR) is 47.3 cm³/mol. The van der Waals surface area contributed by atoms with Gasteiger partial charge in [-0.2, -0.15) is 0 Å². The molecule has 0 saturated carbocycles. The van der Waals surface area contributed by atoms with E-state index < -0.39 is 0 Å². The lowest BCUT2D eigenvalue weighted by atomic mass is 10.4. The van der Waals surface area contributed by atoms with Crippen molar-refractivity contribution in [1.82, 2.24) is 4.90 Å². The van der Waals surface area contributed by atoms with Crippen molar-refractivity contribution in [1.29, 1.82) is 0 Å². The van der Waals surface area contributed by atoms with Crippen LogP contribution in [0.5, 0.6) is 0 Å². The molecule has 0 spiro atoms. The molecule has 1 rings (SSSR count). The average Bonchev–Trinajstić information content (AvgIpc) is 2.16. The minimum Gasteiger partial charge on any atom is -0.463 e. The molecule has 0 aromatic carbocycles. The minimum absolute atomic E-state index is 0.202. The first-order chi connectivity index (χ1) is 6.33. The van der Waals surface area contributed by atoms with Crippen LogP contribution < -0.4 is 5.73 Å². The van der Waals surface area contributed by atoms with E-state index in [9.17, 15) is 4.79 Å². The van der Waals surface area contributed by atoms with Gasteiger partial charge in [0.05, 0.1) is 19.8 Å². The number of rotatable bonds is 4. The van der Waals surface area contributed by atoms with E-state index in [0.717, 1.165) is 13.1 Å². The standard InChI is InChI=1S/C8H16N2O3/c9-1-4-13-8(11)7-10-2-5-12-6-3-10/h1-7,9H2. The summed E-state index contributed by atoms with van der Waals surface area (Å²) < 4.78 is 10.00. The summed E-state index contributed by atoms with van der Waals surface area (Å²) in [5.74, 6) is -0.202. The number of hydrogen-bond acceptors (Lipinski definition) is 5. The van der Waals surface area contributed by atoms with Gasteiger partial charge in [-0.25, -0.2) is 0 Å². The fourth-order valence-electron chi connectivity index (χ4n) is 1.16. The zero-order valence-corrected chi connectivity index (χ0v) is 7.70. The summed E-state index contributed by atoms with van der Waals surface area (Å²) in [4.78, 5) is 13.1. The van der Waals surface area contributed by atoms with Gasteiger partial charge in [0, 0.05) is 19.6 Å². The number of hydrogen-bond donors (Lipinski definition) is 1. The number of nitrogens with two attached hydrogens (primary N) is 1. The molecule has 13 heavy (non-hydrogen) atoms. The normalized spacial score (nSPS) is 18.5. The lowest BCUT2D eigenvalue weighted by molar-refractivity contribution is -0.145. The van der Waals surface area contributed by atoms with E-state index >= 15 is 0 Å². The fraction of sp³-hybridized carbons (Fsp3) is 0.875. The Kier molecular flexibility index (Phi) is 4.74. The molecule has 1 aliphatic rings. The van der Waals surface area contributed by atoms with Crippen LogP contribution in [0.4, 0.5) is 0 Å². The number of morpholine rings is 1. The largest absolute Gasteiger partial charge is 0.463 e. The molecule has 1 saturated heterocycles. The Labute approximate surface area is 77.8 Å². The van der Waals surface area contributed by atoms with E-state index in [2.05, 4.69) is 0 Å². The van der Waals surface area contributed by atoms with Crippen molar-refractivity contribution in [2.75, 3.05) is 46.0 Å². The maximum atomic E-state index is 11.1. The van der Waals surface area contributed by atoms with Crippen molar-refractivity contribution >= 4 is 5.97 Å². The van der Waals surface area contributed by atoms with Crippen molar-refractivity contribution in [3.63, 3.8) is 0 Å². The van der Waals surface area contributed by atoms with E-state index in [4.69, 9.17) is 15.2 Å². The van der Waals surface area contributed by atoms with Gasteiger partial charge >= 0.3 is 5.97 Å². The highest BCUT2D eigenvalue weighted by atomic mass is 16.5. The molecule has 76 valence electrons. The lowest BCUT2D eigenvalue weighted by Crippen LogP contribution is -2.40. The molecule has 0 unspecified atom stereocenters. The number of ether oxygens (including phenoxy) is 2. The number of nitrogens with zero attached hydrogens (tertiary/aromatic N) is 1. The first kappa shape index (κ1) is 10.4. The highest BCUT2D eigenvalue weighted by Crippen LogP contribution is 1.96. The smallest absolute Gasteiger partial charge is 0.320 e. The molecule has 5 nitrogen and oxygen atoms in total. The van der Waals surface area contributed by atoms with E-state index in [1.807, 2.05) is 4.90 Å². The molecule has 1 fully saturated rings. The molecular formula is C8H16N2O3. The van der Waals surface area contributed by atoms with Gasteiger partial charge < -0.3 is 15.2 Å². The van der Waals surface area contributed by atoms with Gasteiger partial charge in [-0.15, -0.1) is 0 Å². The number of carbonyl (C=O) groups excluding carboxylic acids is 1. The van der Waals surface area contributed by atoms with Crippen molar-refractivity contribution in [2.24, 2.45) is 5.73 Å². The molecule has 1 aliphatic heterocycles. The first-order valence-electron chi connectivity index (χ1n) is 4.48. The topological polar surface area (TPSA) is 64.8 Å². The maximum absolute atomic E-state index is 11.1. The van der Waals surface area contributed by atoms with Crippen LogP contribution in [0.15, 0.2) is 0 Å². The van der Waals surface area contributed by atoms with Crippen LogP contribution in [0.3, 0.4) is 0 Å². The van der Waals surface area contributed by atoms with Crippen molar-refractivity contribution in [3.05, 3.63) is 0 Å². The van der Waals surface area contributed by atoms with Crippen LogP contribution in [-0.4, -0.2) is 56.9 Å². The van der Waals surface area contributed by atoms with Crippen molar-refractivity contribution in [2.45, 2.75) is 0 Å². The van der Waals surface area contributed by atoms with Crippen LogP contribution in [0.1, 0.15) is 0 Å². The van der Waals surface area contributed by atoms with Gasteiger partial charge in [-0.1, -0.05) is 0 Å².